The lowest BCUT2D eigenvalue weighted by atomic mass is 10.0. The van der Waals surface area contributed by atoms with Crippen LogP contribution >= 0.6 is 0 Å². The second-order valence-corrected chi connectivity index (χ2v) is 5.25. The summed E-state index contributed by atoms with van der Waals surface area (Å²) in [6.07, 6.45) is -1.07. The van der Waals surface area contributed by atoms with Gasteiger partial charge in [0.2, 0.25) is 0 Å². The molecule has 2 aromatic carbocycles. The zero-order valence-electron chi connectivity index (χ0n) is 13.7. The summed E-state index contributed by atoms with van der Waals surface area (Å²) in [6.45, 7) is -3.62. The van der Waals surface area contributed by atoms with Gasteiger partial charge in [-0.3, -0.25) is 4.79 Å². The Morgan fingerprint density at radius 2 is 1.92 bits per heavy atom. The lowest BCUT2D eigenvalue weighted by molar-refractivity contribution is -0.116. The number of benzene rings is 2. The van der Waals surface area contributed by atoms with Crippen LogP contribution < -0.4 is 10.1 Å². The van der Waals surface area contributed by atoms with Crippen molar-refractivity contribution < 1.29 is 28.5 Å². The summed E-state index contributed by atoms with van der Waals surface area (Å²) in [5, 5.41) is 20.1. The molecule has 0 aromatic heterocycles. The fourth-order valence-corrected chi connectivity index (χ4v) is 2.10. The van der Waals surface area contributed by atoms with E-state index >= 15 is 0 Å². The number of hydrogen-bond acceptors (Lipinski definition) is 4. The normalized spacial score (nSPS) is 11.4. The van der Waals surface area contributed by atoms with Gasteiger partial charge in [-0.05, 0) is 23.8 Å². The summed E-state index contributed by atoms with van der Waals surface area (Å²) >= 11 is 0. The number of alkyl halides is 2. The number of carbonyl (C=O) groups excluding carboxylic acids is 1. The number of ether oxygens (including phenoxy) is 1. The minimum absolute atomic E-state index is 0.0471. The highest BCUT2D eigenvalue weighted by atomic mass is 19.3. The minimum Gasteiger partial charge on any atom is -0.434 e. The second kappa shape index (κ2) is 9.51. The van der Waals surface area contributed by atoms with Crippen molar-refractivity contribution in [1.29, 1.82) is 0 Å². The highest BCUT2D eigenvalue weighted by molar-refractivity contribution is 5.94. The Morgan fingerprint density at radius 3 is 2.58 bits per heavy atom. The third kappa shape index (κ3) is 5.84. The Labute approximate surface area is 149 Å². The molecule has 1 atom stereocenters. The van der Waals surface area contributed by atoms with Crippen LogP contribution in [0.1, 0.15) is 5.56 Å². The molecular weight excluding hydrogens is 344 g/mol. The largest absolute Gasteiger partial charge is 0.434 e. The van der Waals surface area contributed by atoms with Gasteiger partial charge < -0.3 is 20.3 Å². The Balaban J connectivity index is 2.21. The standard InChI is InChI=1S/C19H17F2NO4/c20-19(21)26-17-10-13(7-9-18(25)22-11-15(24)12-23)6-8-16(17)14-4-2-1-3-5-14/h1-6,8,10,15,19,23-24H,11-12H2,(H,22,25)/t15-/m0/s1. The van der Waals surface area contributed by atoms with Gasteiger partial charge in [-0.25, -0.2) is 0 Å². The Hall–Kier alpha value is -2.95. The van der Waals surface area contributed by atoms with Gasteiger partial charge in [0.1, 0.15) is 5.75 Å². The summed E-state index contributed by atoms with van der Waals surface area (Å²) in [7, 11) is 0. The van der Waals surface area contributed by atoms with Crippen LogP contribution in [0, 0.1) is 11.8 Å². The molecule has 0 bridgehead atoms. The fourth-order valence-electron chi connectivity index (χ4n) is 2.10. The smallest absolute Gasteiger partial charge is 0.387 e. The highest BCUT2D eigenvalue weighted by Crippen LogP contribution is 2.31. The van der Waals surface area contributed by atoms with Crippen LogP contribution in [0.2, 0.25) is 0 Å². The molecule has 0 spiro atoms. The van der Waals surface area contributed by atoms with E-state index in [-0.39, 0.29) is 12.3 Å². The molecule has 26 heavy (non-hydrogen) atoms. The average molecular weight is 361 g/mol. The van der Waals surface area contributed by atoms with Gasteiger partial charge in [-0.15, -0.1) is 0 Å². The predicted octanol–water partition coefficient (Wildman–Crippen LogP) is 1.78. The second-order valence-electron chi connectivity index (χ2n) is 5.25. The van der Waals surface area contributed by atoms with E-state index in [1.807, 2.05) is 6.07 Å². The monoisotopic (exact) mass is 361 g/mol. The Morgan fingerprint density at radius 1 is 1.19 bits per heavy atom. The molecule has 3 N–H and O–H groups in total. The first kappa shape index (κ1) is 19.4. The quantitative estimate of drug-likeness (QED) is 0.686. The molecule has 2 rings (SSSR count). The molecule has 0 aliphatic rings. The molecule has 0 heterocycles. The van der Waals surface area contributed by atoms with Crippen molar-refractivity contribution in [2.45, 2.75) is 12.7 Å². The SMILES string of the molecule is O=C(C#Cc1ccc(-c2ccccc2)c(OC(F)F)c1)NC[C@H](O)CO. The summed E-state index contributed by atoms with van der Waals surface area (Å²) < 4.78 is 30.0. The maximum Gasteiger partial charge on any atom is 0.387 e. The van der Waals surface area contributed by atoms with Crippen molar-refractivity contribution in [2.24, 2.45) is 0 Å². The summed E-state index contributed by atoms with van der Waals surface area (Å²) in [6, 6.07) is 13.4. The molecule has 136 valence electrons. The minimum atomic E-state index is -3.00. The van der Waals surface area contributed by atoms with Crippen LogP contribution in [0.3, 0.4) is 0 Å². The van der Waals surface area contributed by atoms with E-state index in [0.29, 0.717) is 16.7 Å². The first-order valence-corrected chi connectivity index (χ1v) is 7.72. The highest BCUT2D eigenvalue weighted by Gasteiger charge is 2.12. The number of carbonyl (C=O) groups is 1. The van der Waals surface area contributed by atoms with Gasteiger partial charge in [-0.2, -0.15) is 8.78 Å². The van der Waals surface area contributed by atoms with Crippen molar-refractivity contribution in [3.63, 3.8) is 0 Å². The van der Waals surface area contributed by atoms with Gasteiger partial charge in [0.05, 0.1) is 12.7 Å². The molecule has 0 saturated carbocycles. The van der Waals surface area contributed by atoms with Crippen LogP contribution in [-0.2, 0) is 4.79 Å². The Bertz CT molecular complexity index is 800. The zero-order valence-corrected chi connectivity index (χ0v) is 13.7. The molecule has 2 aromatic rings. The molecular formula is C19H17F2NO4. The van der Waals surface area contributed by atoms with Gasteiger partial charge in [0.15, 0.2) is 0 Å². The van der Waals surface area contributed by atoms with Gasteiger partial charge in [0, 0.05) is 23.6 Å². The number of aliphatic hydroxyl groups is 2. The topological polar surface area (TPSA) is 78.8 Å². The number of hydrogen-bond donors (Lipinski definition) is 3. The molecule has 0 aliphatic carbocycles. The van der Waals surface area contributed by atoms with Crippen LogP contribution in [0.4, 0.5) is 8.78 Å². The molecule has 0 radical (unpaired) electrons. The third-order valence-corrected chi connectivity index (χ3v) is 3.31. The summed E-state index contributed by atoms with van der Waals surface area (Å²) in [4.78, 5) is 11.6. The molecule has 0 fully saturated rings. The summed E-state index contributed by atoms with van der Waals surface area (Å²) in [5.41, 5.74) is 1.50. The maximum absolute atomic E-state index is 12.7. The van der Waals surface area contributed by atoms with E-state index in [1.54, 1.807) is 36.4 Å². The summed E-state index contributed by atoms with van der Waals surface area (Å²) in [5.74, 6) is 4.12. The van der Waals surface area contributed by atoms with E-state index in [4.69, 9.17) is 10.2 Å². The first-order valence-electron chi connectivity index (χ1n) is 7.72. The Kier molecular flexibility index (Phi) is 7.09. The number of amides is 1. The number of aliphatic hydroxyl groups excluding tert-OH is 2. The molecule has 1 amide bonds. The van der Waals surface area contributed by atoms with E-state index in [2.05, 4.69) is 21.9 Å². The lowest BCUT2D eigenvalue weighted by Gasteiger charge is -2.11. The van der Waals surface area contributed by atoms with Crippen molar-refractivity contribution in [1.82, 2.24) is 5.32 Å². The predicted molar refractivity (Wildman–Crippen MR) is 91.5 cm³/mol. The first-order chi connectivity index (χ1) is 12.5. The van der Waals surface area contributed by atoms with E-state index in [9.17, 15) is 13.6 Å². The number of nitrogens with one attached hydrogen (secondary N) is 1. The molecule has 0 saturated heterocycles. The van der Waals surface area contributed by atoms with Crippen LogP contribution in [-0.4, -0.2) is 42.0 Å². The van der Waals surface area contributed by atoms with Crippen LogP contribution in [0.5, 0.6) is 5.75 Å². The van der Waals surface area contributed by atoms with E-state index in [0.717, 1.165) is 0 Å². The molecule has 0 aliphatic heterocycles. The van der Waals surface area contributed by atoms with Gasteiger partial charge in [-0.1, -0.05) is 36.3 Å². The fraction of sp³-hybridized carbons (Fsp3) is 0.211. The van der Waals surface area contributed by atoms with Crippen molar-refractivity contribution in [3.8, 4) is 28.7 Å². The molecule has 0 unspecified atom stereocenters. The van der Waals surface area contributed by atoms with Gasteiger partial charge in [0.25, 0.3) is 5.91 Å². The maximum atomic E-state index is 12.7. The van der Waals surface area contributed by atoms with Crippen LogP contribution in [0.15, 0.2) is 48.5 Å². The molecule has 7 heteroatoms. The number of halogens is 2. The number of rotatable bonds is 6. The molecule has 5 nitrogen and oxygen atoms in total. The van der Waals surface area contributed by atoms with Crippen molar-refractivity contribution in [3.05, 3.63) is 54.1 Å². The van der Waals surface area contributed by atoms with E-state index in [1.165, 1.54) is 6.07 Å². The van der Waals surface area contributed by atoms with E-state index < -0.39 is 25.2 Å². The zero-order chi connectivity index (χ0) is 18.9. The van der Waals surface area contributed by atoms with Crippen molar-refractivity contribution in [2.75, 3.05) is 13.2 Å². The lowest BCUT2D eigenvalue weighted by Crippen LogP contribution is -2.33. The third-order valence-electron chi connectivity index (χ3n) is 3.31. The van der Waals surface area contributed by atoms with Crippen LogP contribution in [0.25, 0.3) is 11.1 Å². The van der Waals surface area contributed by atoms with Gasteiger partial charge >= 0.3 is 6.61 Å². The average Bonchev–Trinajstić information content (AvgIpc) is 2.64. The van der Waals surface area contributed by atoms with Crippen molar-refractivity contribution >= 4 is 5.91 Å².